The first kappa shape index (κ1) is 19.5. The highest BCUT2D eigenvalue weighted by Crippen LogP contribution is 2.34. The molecule has 2 heterocycles. The second kappa shape index (κ2) is 8.26. The second-order valence-corrected chi connectivity index (χ2v) is 8.64. The fraction of sp³-hybridized carbons (Fsp3) is 0.263. The van der Waals surface area contributed by atoms with Crippen LogP contribution in [-0.4, -0.2) is 27.4 Å². The van der Waals surface area contributed by atoms with E-state index in [1.165, 1.54) is 16.2 Å². The van der Waals surface area contributed by atoms with Crippen LogP contribution in [0.4, 0.5) is 10.5 Å². The Bertz CT molecular complexity index is 1140. The maximum absolute atomic E-state index is 12.7. The quantitative estimate of drug-likeness (QED) is 0.333. The second-order valence-electron chi connectivity index (χ2n) is 6.62. The molecule has 150 valence electrons. The Labute approximate surface area is 174 Å². The molecule has 4 rings (SSSR count). The number of fused-ring (bicyclic) bond motifs is 3. The molecule has 0 atom stereocenters. The number of nitrogens with zero attached hydrogens (tertiary/aromatic N) is 2. The predicted octanol–water partition coefficient (Wildman–Crippen LogP) is 2.49. The Hall–Kier alpha value is -2.85. The van der Waals surface area contributed by atoms with Crippen LogP contribution in [0.2, 0.25) is 0 Å². The maximum Gasteiger partial charge on any atom is 0.325 e. The smallest absolute Gasteiger partial charge is 0.325 e. The minimum atomic E-state index is -0.624. The number of thioether (sulfide) groups is 1. The molecule has 0 unspecified atom stereocenters. The molecular formula is C19H19N5O3S2. The van der Waals surface area contributed by atoms with Gasteiger partial charge in [-0.1, -0.05) is 30.0 Å². The van der Waals surface area contributed by atoms with E-state index in [1.54, 1.807) is 24.3 Å². The lowest BCUT2D eigenvalue weighted by Crippen LogP contribution is -2.36. The first-order valence-electron chi connectivity index (χ1n) is 9.14. The van der Waals surface area contributed by atoms with E-state index in [1.807, 2.05) is 6.07 Å². The SMILES string of the molecule is Nn1c(SCC(=O)NC(=O)Nc2ccccc2)nc2sc3c(c2c1=O)CCCC3. The monoisotopic (exact) mass is 429 g/mol. The van der Waals surface area contributed by atoms with Crippen molar-refractivity contribution in [1.29, 1.82) is 0 Å². The molecule has 29 heavy (non-hydrogen) atoms. The van der Waals surface area contributed by atoms with Gasteiger partial charge >= 0.3 is 6.03 Å². The topological polar surface area (TPSA) is 119 Å². The molecule has 1 aliphatic rings. The number of nitrogen functional groups attached to an aromatic ring is 1. The van der Waals surface area contributed by atoms with Crippen molar-refractivity contribution in [3.05, 3.63) is 51.1 Å². The van der Waals surface area contributed by atoms with Crippen LogP contribution in [0, 0.1) is 0 Å². The summed E-state index contributed by atoms with van der Waals surface area (Å²) in [6.07, 6.45) is 4.01. The number of hydrogen-bond acceptors (Lipinski definition) is 7. The summed E-state index contributed by atoms with van der Waals surface area (Å²) in [6.45, 7) is 0. The van der Waals surface area contributed by atoms with Gasteiger partial charge in [0, 0.05) is 10.6 Å². The lowest BCUT2D eigenvalue weighted by atomic mass is 9.97. The third-order valence-electron chi connectivity index (χ3n) is 4.61. The number of aromatic nitrogens is 2. The number of urea groups is 1. The van der Waals surface area contributed by atoms with Gasteiger partial charge in [0.2, 0.25) is 5.91 Å². The highest BCUT2D eigenvalue weighted by atomic mass is 32.2. The molecule has 3 aromatic rings. The number of para-hydroxylation sites is 1. The number of amides is 3. The van der Waals surface area contributed by atoms with Crippen molar-refractivity contribution in [3.63, 3.8) is 0 Å². The van der Waals surface area contributed by atoms with Crippen molar-refractivity contribution in [2.75, 3.05) is 16.9 Å². The minimum absolute atomic E-state index is 0.0948. The standard InChI is InChI=1S/C19H19N5O3S2/c20-24-17(26)15-12-8-4-5-9-13(12)29-16(15)23-19(24)28-10-14(25)22-18(27)21-11-6-2-1-3-7-11/h1-3,6-7H,4-5,8-10,20H2,(H2,21,22,25,27). The number of rotatable bonds is 4. The molecule has 1 aromatic carbocycles. The highest BCUT2D eigenvalue weighted by molar-refractivity contribution is 7.99. The molecule has 0 saturated carbocycles. The molecule has 8 nitrogen and oxygen atoms in total. The van der Waals surface area contributed by atoms with Crippen LogP contribution < -0.4 is 22.0 Å². The van der Waals surface area contributed by atoms with Crippen LogP contribution >= 0.6 is 23.1 Å². The molecular weight excluding hydrogens is 410 g/mol. The maximum atomic E-state index is 12.7. The molecule has 3 amide bonds. The van der Waals surface area contributed by atoms with E-state index >= 15 is 0 Å². The summed E-state index contributed by atoms with van der Waals surface area (Å²) in [5, 5.41) is 5.67. The molecule has 0 spiro atoms. The number of carbonyl (C=O) groups excluding carboxylic acids is 2. The number of aryl methyl sites for hydroxylation is 2. The fourth-order valence-electron chi connectivity index (χ4n) is 3.28. The zero-order valence-electron chi connectivity index (χ0n) is 15.4. The molecule has 0 radical (unpaired) electrons. The van der Waals surface area contributed by atoms with Gasteiger partial charge in [-0.2, -0.15) is 0 Å². The molecule has 4 N–H and O–H groups in total. The Morgan fingerprint density at radius 3 is 2.76 bits per heavy atom. The van der Waals surface area contributed by atoms with Gasteiger partial charge in [0.25, 0.3) is 5.56 Å². The zero-order chi connectivity index (χ0) is 20.4. The molecule has 0 aliphatic heterocycles. The largest absolute Gasteiger partial charge is 0.334 e. The van der Waals surface area contributed by atoms with Gasteiger partial charge in [-0.3, -0.25) is 14.9 Å². The van der Waals surface area contributed by atoms with Gasteiger partial charge in [0.05, 0.1) is 11.1 Å². The van der Waals surface area contributed by atoms with Gasteiger partial charge in [-0.05, 0) is 43.4 Å². The number of thiophene rings is 1. The number of anilines is 1. The number of imide groups is 1. The Kier molecular flexibility index (Phi) is 5.54. The summed E-state index contributed by atoms with van der Waals surface area (Å²) in [7, 11) is 0. The fourth-order valence-corrected chi connectivity index (χ4v) is 5.30. The lowest BCUT2D eigenvalue weighted by Gasteiger charge is -2.10. The van der Waals surface area contributed by atoms with Gasteiger partial charge in [-0.15, -0.1) is 11.3 Å². The van der Waals surface area contributed by atoms with E-state index in [9.17, 15) is 14.4 Å². The van der Waals surface area contributed by atoms with Crippen molar-refractivity contribution >= 4 is 50.9 Å². The number of nitrogens with two attached hydrogens (primary N) is 1. The predicted molar refractivity (Wildman–Crippen MR) is 115 cm³/mol. The lowest BCUT2D eigenvalue weighted by molar-refractivity contribution is -0.117. The molecule has 0 saturated heterocycles. The molecule has 10 heteroatoms. The van der Waals surface area contributed by atoms with Gasteiger partial charge in [-0.25, -0.2) is 14.5 Å². The molecule has 0 bridgehead atoms. The van der Waals surface area contributed by atoms with E-state index in [0.717, 1.165) is 47.7 Å². The number of nitrogens with one attached hydrogen (secondary N) is 2. The van der Waals surface area contributed by atoms with Crippen LogP contribution in [0.15, 0.2) is 40.3 Å². The van der Waals surface area contributed by atoms with Crippen molar-refractivity contribution < 1.29 is 9.59 Å². The van der Waals surface area contributed by atoms with Crippen molar-refractivity contribution in [3.8, 4) is 0 Å². The summed E-state index contributed by atoms with van der Waals surface area (Å²) < 4.78 is 0.992. The Morgan fingerprint density at radius 2 is 1.97 bits per heavy atom. The van der Waals surface area contributed by atoms with E-state index < -0.39 is 11.9 Å². The van der Waals surface area contributed by atoms with Crippen molar-refractivity contribution in [2.45, 2.75) is 30.8 Å². The van der Waals surface area contributed by atoms with Crippen molar-refractivity contribution in [2.24, 2.45) is 0 Å². The van der Waals surface area contributed by atoms with Crippen LogP contribution in [0.3, 0.4) is 0 Å². The summed E-state index contributed by atoms with van der Waals surface area (Å²) >= 11 is 2.54. The molecule has 2 aromatic heterocycles. The van der Waals surface area contributed by atoms with Gasteiger partial charge in [0.1, 0.15) is 4.83 Å². The van der Waals surface area contributed by atoms with E-state index in [2.05, 4.69) is 15.6 Å². The van der Waals surface area contributed by atoms with E-state index in [0.29, 0.717) is 15.9 Å². The summed E-state index contributed by atoms with van der Waals surface area (Å²) in [6, 6.07) is 8.18. The zero-order valence-corrected chi connectivity index (χ0v) is 17.1. The average molecular weight is 430 g/mol. The van der Waals surface area contributed by atoms with Crippen LogP contribution in [0.1, 0.15) is 23.3 Å². The van der Waals surface area contributed by atoms with E-state index in [4.69, 9.17) is 5.84 Å². The van der Waals surface area contributed by atoms with Gasteiger partial charge in [0.15, 0.2) is 5.16 Å². The highest BCUT2D eigenvalue weighted by Gasteiger charge is 2.22. The third-order valence-corrected chi connectivity index (χ3v) is 6.74. The first-order chi connectivity index (χ1) is 14.0. The summed E-state index contributed by atoms with van der Waals surface area (Å²) in [4.78, 5) is 43.1. The number of benzene rings is 1. The Balaban J connectivity index is 1.44. The number of hydrogen-bond donors (Lipinski definition) is 3. The molecule has 1 aliphatic carbocycles. The van der Waals surface area contributed by atoms with Crippen LogP contribution in [-0.2, 0) is 17.6 Å². The normalized spacial score (nSPS) is 13.1. The van der Waals surface area contributed by atoms with Crippen molar-refractivity contribution in [1.82, 2.24) is 15.0 Å². The third kappa shape index (κ3) is 4.13. The Morgan fingerprint density at radius 1 is 1.21 bits per heavy atom. The van der Waals surface area contributed by atoms with Crippen LogP contribution in [0.25, 0.3) is 10.2 Å². The minimum Gasteiger partial charge on any atom is -0.334 e. The van der Waals surface area contributed by atoms with E-state index in [-0.39, 0.29) is 16.5 Å². The average Bonchev–Trinajstić information content (AvgIpc) is 3.08. The first-order valence-corrected chi connectivity index (χ1v) is 10.9. The number of carbonyl (C=O) groups is 2. The summed E-state index contributed by atoms with van der Waals surface area (Å²) in [5.74, 6) is 5.34. The van der Waals surface area contributed by atoms with Gasteiger partial charge < -0.3 is 11.2 Å². The summed E-state index contributed by atoms with van der Waals surface area (Å²) in [5.41, 5.74) is 1.36. The van der Waals surface area contributed by atoms with Crippen LogP contribution in [0.5, 0.6) is 0 Å². The molecule has 0 fully saturated rings.